The number of hydrogen-bond donors (Lipinski definition) is 2. The van der Waals surface area contributed by atoms with Gasteiger partial charge in [-0.1, -0.05) is 78.3 Å². The van der Waals surface area contributed by atoms with Gasteiger partial charge in [0.15, 0.2) is 0 Å². The highest BCUT2D eigenvalue weighted by Crippen LogP contribution is 2.21. The molecule has 4 nitrogen and oxygen atoms in total. The minimum Gasteiger partial charge on any atom is -0.344 e. The van der Waals surface area contributed by atoms with Crippen LogP contribution in [0.5, 0.6) is 0 Å². The summed E-state index contributed by atoms with van der Waals surface area (Å²) < 4.78 is 0. The normalized spacial score (nSPS) is 10.4. The fraction of sp³-hybridized carbons (Fsp3) is 0.0909. The van der Waals surface area contributed by atoms with Crippen molar-refractivity contribution in [3.63, 3.8) is 0 Å². The minimum atomic E-state index is -0.344. The molecule has 136 valence electrons. The van der Waals surface area contributed by atoms with Crippen molar-refractivity contribution >= 4 is 23.4 Å². The van der Waals surface area contributed by atoms with Gasteiger partial charge in [0.05, 0.1) is 12.6 Å². The van der Waals surface area contributed by atoms with Crippen LogP contribution in [-0.4, -0.2) is 18.4 Å². The van der Waals surface area contributed by atoms with Gasteiger partial charge in [-0.25, -0.2) is 0 Å². The highest BCUT2D eigenvalue weighted by Gasteiger charge is 2.17. The van der Waals surface area contributed by atoms with Gasteiger partial charge < -0.3 is 10.6 Å². The van der Waals surface area contributed by atoms with E-state index in [-0.39, 0.29) is 24.4 Å². The molecule has 3 rings (SSSR count). The van der Waals surface area contributed by atoms with Crippen LogP contribution in [0, 0.1) is 0 Å². The Bertz CT molecular complexity index is 874. The van der Waals surface area contributed by atoms with Gasteiger partial charge in [0.1, 0.15) is 0 Å². The molecular weight excluding hydrogens is 360 g/mol. The monoisotopic (exact) mass is 378 g/mol. The second-order valence-corrected chi connectivity index (χ2v) is 6.45. The molecule has 0 heterocycles. The van der Waals surface area contributed by atoms with Crippen LogP contribution in [0.25, 0.3) is 0 Å². The molecule has 0 aliphatic carbocycles. The van der Waals surface area contributed by atoms with E-state index < -0.39 is 0 Å². The van der Waals surface area contributed by atoms with E-state index in [0.29, 0.717) is 10.6 Å². The summed E-state index contributed by atoms with van der Waals surface area (Å²) in [7, 11) is 0. The zero-order valence-electron chi connectivity index (χ0n) is 14.6. The average Bonchev–Trinajstić information content (AvgIpc) is 2.71. The molecule has 5 heteroatoms. The summed E-state index contributed by atoms with van der Waals surface area (Å²) in [6, 6.07) is 25.7. The molecule has 0 aliphatic rings. The predicted octanol–water partition coefficient (Wildman–Crippen LogP) is 3.98. The number of halogens is 1. The summed E-state index contributed by atoms with van der Waals surface area (Å²) in [5.74, 6) is -0.619. The Morgan fingerprint density at radius 3 is 1.96 bits per heavy atom. The molecule has 0 saturated carbocycles. The molecule has 27 heavy (non-hydrogen) atoms. The Morgan fingerprint density at radius 2 is 1.41 bits per heavy atom. The van der Waals surface area contributed by atoms with Gasteiger partial charge in [-0.05, 0) is 29.3 Å². The third-order valence-corrected chi connectivity index (χ3v) is 4.30. The number of carbonyl (C=O) groups excluding carboxylic acids is 2. The third-order valence-electron chi connectivity index (χ3n) is 4.07. The number of nitrogens with one attached hydrogen (secondary N) is 2. The fourth-order valence-electron chi connectivity index (χ4n) is 2.75. The molecule has 0 atom stereocenters. The lowest BCUT2D eigenvalue weighted by atomic mass is 9.99. The minimum absolute atomic E-state index is 0.123. The lowest BCUT2D eigenvalue weighted by Crippen LogP contribution is -2.39. The molecule has 0 spiro atoms. The smallest absolute Gasteiger partial charge is 0.251 e. The topological polar surface area (TPSA) is 58.2 Å². The van der Waals surface area contributed by atoms with E-state index in [9.17, 15) is 9.59 Å². The van der Waals surface area contributed by atoms with Crippen LogP contribution in [0.2, 0.25) is 5.02 Å². The Balaban J connectivity index is 1.67. The largest absolute Gasteiger partial charge is 0.344 e. The summed E-state index contributed by atoms with van der Waals surface area (Å²) in [5.41, 5.74) is 2.36. The molecule has 3 aromatic rings. The molecule has 3 aromatic carbocycles. The maximum Gasteiger partial charge on any atom is 0.251 e. The van der Waals surface area contributed by atoms with Gasteiger partial charge in [-0.3, -0.25) is 9.59 Å². The summed E-state index contributed by atoms with van der Waals surface area (Å²) in [6.45, 7) is -0.123. The van der Waals surface area contributed by atoms with Crippen molar-refractivity contribution < 1.29 is 9.59 Å². The molecule has 0 radical (unpaired) electrons. The van der Waals surface area contributed by atoms with Crippen LogP contribution in [0.3, 0.4) is 0 Å². The summed E-state index contributed by atoms with van der Waals surface area (Å²) in [6.07, 6.45) is 0. The zero-order chi connectivity index (χ0) is 19.1. The van der Waals surface area contributed by atoms with E-state index in [4.69, 9.17) is 11.6 Å². The van der Waals surface area contributed by atoms with Crippen molar-refractivity contribution in [2.24, 2.45) is 0 Å². The second kappa shape index (κ2) is 9.01. The van der Waals surface area contributed by atoms with Crippen LogP contribution in [0.4, 0.5) is 0 Å². The van der Waals surface area contributed by atoms with Gasteiger partial charge in [0.2, 0.25) is 5.91 Å². The molecule has 2 N–H and O–H groups in total. The Hall–Kier alpha value is -3.11. The first-order valence-corrected chi connectivity index (χ1v) is 8.94. The van der Waals surface area contributed by atoms with Crippen LogP contribution in [0.1, 0.15) is 27.5 Å². The Labute approximate surface area is 163 Å². The van der Waals surface area contributed by atoms with Crippen molar-refractivity contribution in [3.05, 3.63) is 107 Å². The number of rotatable bonds is 6. The van der Waals surface area contributed by atoms with Crippen LogP contribution >= 0.6 is 11.6 Å². The van der Waals surface area contributed by atoms with Gasteiger partial charge in [-0.15, -0.1) is 0 Å². The molecule has 0 saturated heterocycles. The first kappa shape index (κ1) is 18.7. The summed E-state index contributed by atoms with van der Waals surface area (Å²) >= 11 is 5.90. The highest BCUT2D eigenvalue weighted by molar-refractivity contribution is 6.30. The molecule has 2 amide bonds. The van der Waals surface area contributed by atoms with Crippen molar-refractivity contribution in [1.29, 1.82) is 0 Å². The number of amides is 2. The number of hydrogen-bond acceptors (Lipinski definition) is 2. The van der Waals surface area contributed by atoms with Gasteiger partial charge in [0.25, 0.3) is 5.91 Å². The molecule has 0 bridgehead atoms. The first-order valence-electron chi connectivity index (χ1n) is 8.56. The van der Waals surface area contributed by atoms with Gasteiger partial charge in [-0.2, -0.15) is 0 Å². The maximum atomic E-state index is 12.5. The van der Waals surface area contributed by atoms with E-state index >= 15 is 0 Å². The van der Waals surface area contributed by atoms with Crippen molar-refractivity contribution in [3.8, 4) is 0 Å². The SMILES string of the molecule is O=C(CNC(=O)c1cccc(Cl)c1)NC(c1ccccc1)c1ccccc1. The Morgan fingerprint density at radius 1 is 0.815 bits per heavy atom. The lowest BCUT2D eigenvalue weighted by molar-refractivity contribution is -0.120. The number of carbonyl (C=O) groups is 2. The van der Waals surface area contributed by atoms with Gasteiger partial charge in [0, 0.05) is 10.6 Å². The van der Waals surface area contributed by atoms with E-state index in [0.717, 1.165) is 11.1 Å². The van der Waals surface area contributed by atoms with E-state index in [2.05, 4.69) is 10.6 Å². The van der Waals surface area contributed by atoms with Gasteiger partial charge >= 0.3 is 0 Å². The summed E-state index contributed by atoms with van der Waals surface area (Å²) in [4.78, 5) is 24.6. The first-order chi connectivity index (χ1) is 13.1. The van der Waals surface area contributed by atoms with E-state index in [1.807, 2.05) is 60.7 Å². The highest BCUT2D eigenvalue weighted by atomic mass is 35.5. The average molecular weight is 379 g/mol. The molecule has 0 aliphatic heterocycles. The van der Waals surface area contributed by atoms with Crippen LogP contribution in [-0.2, 0) is 4.79 Å². The fourth-order valence-corrected chi connectivity index (χ4v) is 2.94. The zero-order valence-corrected chi connectivity index (χ0v) is 15.3. The van der Waals surface area contributed by atoms with E-state index in [1.54, 1.807) is 24.3 Å². The standard InChI is InChI=1S/C22H19ClN2O2/c23-19-13-7-12-18(14-19)22(27)24-15-20(26)25-21(16-8-3-1-4-9-16)17-10-5-2-6-11-17/h1-14,21H,15H2,(H,24,27)(H,25,26). The lowest BCUT2D eigenvalue weighted by Gasteiger charge is -2.20. The third kappa shape index (κ3) is 5.19. The number of benzene rings is 3. The van der Waals surface area contributed by atoms with E-state index in [1.165, 1.54) is 0 Å². The quantitative estimate of drug-likeness (QED) is 0.681. The predicted molar refractivity (Wildman–Crippen MR) is 107 cm³/mol. The molecular formula is C22H19ClN2O2. The van der Waals surface area contributed by atoms with Crippen molar-refractivity contribution in [1.82, 2.24) is 10.6 Å². The molecule has 0 aromatic heterocycles. The van der Waals surface area contributed by atoms with Crippen LogP contribution in [0.15, 0.2) is 84.9 Å². The summed E-state index contributed by atoms with van der Waals surface area (Å²) in [5, 5.41) is 6.09. The van der Waals surface area contributed by atoms with Crippen LogP contribution < -0.4 is 10.6 Å². The Kier molecular flexibility index (Phi) is 6.23. The molecule has 0 unspecified atom stereocenters. The molecule has 0 fully saturated rings. The second-order valence-electron chi connectivity index (χ2n) is 6.01. The maximum absolute atomic E-state index is 12.5. The van der Waals surface area contributed by atoms with Crippen molar-refractivity contribution in [2.45, 2.75) is 6.04 Å². The van der Waals surface area contributed by atoms with Crippen molar-refractivity contribution in [2.75, 3.05) is 6.54 Å².